The zero-order valence-corrected chi connectivity index (χ0v) is 20.3. The van der Waals surface area contributed by atoms with Gasteiger partial charge < -0.3 is 10.2 Å². The van der Waals surface area contributed by atoms with Crippen LogP contribution in [0.4, 0.5) is 17.1 Å². The summed E-state index contributed by atoms with van der Waals surface area (Å²) in [5, 5.41) is 12.8. The first kappa shape index (κ1) is 24.3. The number of carbonyl (C=O) groups excluding carboxylic acids is 1. The van der Waals surface area contributed by atoms with Gasteiger partial charge in [0.05, 0.1) is 16.3 Å². The molecule has 35 heavy (non-hydrogen) atoms. The molecular weight excluding hydrogens is 484 g/mol. The van der Waals surface area contributed by atoms with Crippen molar-refractivity contribution in [1.29, 1.82) is 5.26 Å². The molecule has 0 aliphatic carbocycles. The minimum atomic E-state index is -3.94. The van der Waals surface area contributed by atoms with E-state index in [1.165, 1.54) is 18.2 Å². The Labute approximate surface area is 209 Å². The SMILES string of the molecule is N#C/C(=C/c1ccccc1)C(=O)Nc1cc(S(=O)(=O)Nc2ccc(Cl)cc2)ccc1N1CCCC1. The molecule has 0 unspecified atom stereocenters. The van der Waals surface area contributed by atoms with Crippen LogP contribution >= 0.6 is 11.6 Å². The molecule has 4 rings (SSSR count). The van der Waals surface area contributed by atoms with Crippen LogP contribution in [0.15, 0.2) is 83.3 Å². The molecule has 0 spiro atoms. The second-order valence-electron chi connectivity index (χ2n) is 8.02. The average Bonchev–Trinajstić information content (AvgIpc) is 3.39. The minimum absolute atomic E-state index is 0.0174. The Morgan fingerprint density at radius 3 is 2.34 bits per heavy atom. The van der Waals surface area contributed by atoms with Crippen LogP contribution < -0.4 is 14.9 Å². The van der Waals surface area contributed by atoms with E-state index in [0.29, 0.717) is 27.6 Å². The van der Waals surface area contributed by atoms with E-state index in [-0.39, 0.29) is 10.5 Å². The highest BCUT2D eigenvalue weighted by molar-refractivity contribution is 7.92. The topological polar surface area (TPSA) is 102 Å². The number of hydrogen-bond donors (Lipinski definition) is 2. The minimum Gasteiger partial charge on any atom is -0.370 e. The Kier molecular flexibility index (Phi) is 7.39. The highest BCUT2D eigenvalue weighted by Crippen LogP contribution is 2.32. The van der Waals surface area contributed by atoms with Gasteiger partial charge in [-0.05, 0) is 66.9 Å². The normalized spacial score (nSPS) is 13.8. The van der Waals surface area contributed by atoms with E-state index in [2.05, 4.69) is 14.9 Å². The monoisotopic (exact) mass is 506 g/mol. The Morgan fingerprint density at radius 1 is 1.00 bits per heavy atom. The number of anilines is 3. The second kappa shape index (κ2) is 10.6. The van der Waals surface area contributed by atoms with Gasteiger partial charge in [-0.15, -0.1) is 0 Å². The van der Waals surface area contributed by atoms with Crippen molar-refractivity contribution >= 4 is 50.7 Å². The van der Waals surface area contributed by atoms with E-state index in [1.54, 1.807) is 42.5 Å². The van der Waals surface area contributed by atoms with E-state index in [4.69, 9.17) is 11.6 Å². The summed E-state index contributed by atoms with van der Waals surface area (Å²) in [5.74, 6) is -0.614. The van der Waals surface area contributed by atoms with Gasteiger partial charge in [-0.2, -0.15) is 5.26 Å². The van der Waals surface area contributed by atoms with Gasteiger partial charge in [0.1, 0.15) is 11.6 Å². The first-order valence-electron chi connectivity index (χ1n) is 11.0. The molecule has 0 bridgehead atoms. The lowest BCUT2D eigenvalue weighted by atomic mass is 10.1. The molecular formula is C26H23ClN4O3S. The molecule has 1 saturated heterocycles. The van der Waals surface area contributed by atoms with Crippen LogP contribution in [0.2, 0.25) is 5.02 Å². The van der Waals surface area contributed by atoms with Gasteiger partial charge in [0.15, 0.2) is 0 Å². The van der Waals surface area contributed by atoms with E-state index in [1.807, 2.05) is 24.3 Å². The largest absolute Gasteiger partial charge is 0.370 e. The smallest absolute Gasteiger partial charge is 0.266 e. The van der Waals surface area contributed by atoms with Crippen LogP contribution in [-0.4, -0.2) is 27.4 Å². The summed E-state index contributed by atoms with van der Waals surface area (Å²) in [6, 6.07) is 21.9. The summed E-state index contributed by atoms with van der Waals surface area (Å²) in [5.41, 5.74) is 2.02. The van der Waals surface area contributed by atoms with Crippen molar-refractivity contribution in [1.82, 2.24) is 0 Å². The Morgan fingerprint density at radius 2 is 1.69 bits per heavy atom. The Balaban J connectivity index is 1.66. The molecule has 1 aliphatic heterocycles. The number of nitrogens with zero attached hydrogens (tertiary/aromatic N) is 2. The van der Waals surface area contributed by atoms with Crippen molar-refractivity contribution in [2.45, 2.75) is 17.7 Å². The summed E-state index contributed by atoms with van der Waals surface area (Å²) in [7, 11) is -3.94. The maximum absolute atomic E-state index is 13.1. The van der Waals surface area contributed by atoms with E-state index in [0.717, 1.165) is 25.9 Å². The van der Waals surface area contributed by atoms with Crippen molar-refractivity contribution < 1.29 is 13.2 Å². The van der Waals surface area contributed by atoms with Crippen LogP contribution in [0.1, 0.15) is 18.4 Å². The zero-order chi connectivity index (χ0) is 24.8. The van der Waals surface area contributed by atoms with Crippen LogP contribution in [0, 0.1) is 11.3 Å². The first-order chi connectivity index (χ1) is 16.9. The van der Waals surface area contributed by atoms with Crippen molar-refractivity contribution in [3.63, 3.8) is 0 Å². The number of carbonyl (C=O) groups is 1. The number of benzene rings is 3. The molecule has 9 heteroatoms. The average molecular weight is 507 g/mol. The number of sulfonamides is 1. The summed E-state index contributed by atoms with van der Waals surface area (Å²) in [6.07, 6.45) is 3.50. The molecule has 178 valence electrons. The molecule has 0 atom stereocenters. The fourth-order valence-corrected chi connectivity index (χ4v) is 5.01. The lowest BCUT2D eigenvalue weighted by molar-refractivity contribution is -0.112. The lowest BCUT2D eigenvalue weighted by Gasteiger charge is -2.22. The third-order valence-corrected chi connectivity index (χ3v) is 7.18. The van der Waals surface area contributed by atoms with Crippen molar-refractivity contribution in [3.8, 4) is 6.07 Å². The van der Waals surface area contributed by atoms with Gasteiger partial charge in [-0.3, -0.25) is 9.52 Å². The lowest BCUT2D eigenvalue weighted by Crippen LogP contribution is -2.22. The maximum atomic E-state index is 13.1. The Bertz CT molecular complexity index is 1390. The first-order valence-corrected chi connectivity index (χ1v) is 12.9. The highest BCUT2D eigenvalue weighted by Gasteiger charge is 2.22. The third kappa shape index (κ3) is 6.01. The molecule has 0 aromatic heterocycles. The number of nitrogens with one attached hydrogen (secondary N) is 2. The van der Waals surface area contributed by atoms with Gasteiger partial charge in [-0.1, -0.05) is 41.9 Å². The second-order valence-corrected chi connectivity index (χ2v) is 10.1. The van der Waals surface area contributed by atoms with Crippen molar-refractivity contribution in [2.24, 2.45) is 0 Å². The van der Waals surface area contributed by atoms with Gasteiger partial charge >= 0.3 is 0 Å². The number of rotatable bonds is 7. The van der Waals surface area contributed by atoms with Crippen LogP contribution in [0.3, 0.4) is 0 Å². The van der Waals surface area contributed by atoms with Gasteiger partial charge in [0.25, 0.3) is 15.9 Å². The van der Waals surface area contributed by atoms with E-state index < -0.39 is 15.9 Å². The molecule has 3 aromatic carbocycles. The summed E-state index contributed by atoms with van der Waals surface area (Å²) in [4.78, 5) is 15.1. The number of hydrogen-bond acceptors (Lipinski definition) is 5. The molecule has 7 nitrogen and oxygen atoms in total. The molecule has 1 aliphatic rings. The summed E-state index contributed by atoms with van der Waals surface area (Å²) < 4.78 is 28.6. The van der Waals surface area contributed by atoms with E-state index in [9.17, 15) is 18.5 Å². The molecule has 1 fully saturated rings. The molecule has 1 heterocycles. The fraction of sp³-hybridized carbons (Fsp3) is 0.154. The molecule has 0 radical (unpaired) electrons. The predicted molar refractivity (Wildman–Crippen MR) is 139 cm³/mol. The molecule has 1 amide bonds. The Hall–Kier alpha value is -3.80. The van der Waals surface area contributed by atoms with E-state index >= 15 is 0 Å². The zero-order valence-electron chi connectivity index (χ0n) is 18.7. The van der Waals surface area contributed by atoms with Crippen LogP contribution in [0.5, 0.6) is 0 Å². The van der Waals surface area contributed by atoms with Crippen molar-refractivity contribution in [2.75, 3.05) is 28.0 Å². The number of halogens is 1. The number of nitriles is 1. The predicted octanol–water partition coefficient (Wildman–Crippen LogP) is 5.29. The van der Waals surface area contributed by atoms with Gasteiger partial charge in [0, 0.05) is 23.8 Å². The maximum Gasteiger partial charge on any atom is 0.266 e. The van der Waals surface area contributed by atoms with Crippen molar-refractivity contribution in [3.05, 3.63) is 89.0 Å². The summed E-state index contributed by atoms with van der Waals surface area (Å²) in [6.45, 7) is 1.59. The van der Waals surface area contributed by atoms with Crippen LogP contribution in [-0.2, 0) is 14.8 Å². The van der Waals surface area contributed by atoms with Gasteiger partial charge in [-0.25, -0.2) is 8.42 Å². The summed E-state index contributed by atoms with van der Waals surface area (Å²) >= 11 is 5.89. The fourth-order valence-electron chi connectivity index (χ4n) is 3.80. The molecule has 0 saturated carbocycles. The van der Waals surface area contributed by atoms with Crippen LogP contribution in [0.25, 0.3) is 6.08 Å². The highest BCUT2D eigenvalue weighted by atomic mass is 35.5. The quantitative estimate of drug-likeness (QED) is 0.335. The third-order valence-electron chi connectivity index (χ3n) is 5.55. The molecule has 2 N–H and O–H groups in total. The standard InChI is InChI=1S/C26H23ClN4O3S/c27-21-8-10-22(11-9-21)30-35(33,34)23-12-13-25(31-14-4-5-15-31)24(17-23)29-26(32)20(18-28)16-19-6-2-1-3-7-19/h1-3,6-13,16-17,30H,4-5,14-15H2,(H,29,32)/b20-16-. The van der Waals surface area contributed by atoms with Gasteiger partial charge in [0.2, 0.25) is 0 Å². The molecule has 3 aromatic rings. The number of amides is 1.